The van der Waals surface area contributed by atoms with Crippen LogP contribution in [-0.4, -0.2) is 112 Å². The third-order valence-electron chi connectivity index (χ3n) is 8.34. The van der Waals surface area contributed by atoms with Crippen molar-refractivity contribution in [3.63, 3.8) is 0 Å². The molecular weight excluding hydrogens is 552 g/mol. The second-order valence-corrected chi connectivity index (χ2v) is 13.7. The number of esters is 1. The van der Waals surface area contributed by atoms with E-state index in [0.717, 1.165) is 0 Å². The molecule has 3 rings (SSSR count). The smallest absolute Gasteiger partial charge is 0.410 e. The average molecular weight is 603 g/mol. The minimum atomic E-state index is -1.71. The van der Waals surface area contributed by atoms with Crippen LogP contribution in [0.1, 0.15) is 81.1 Å². The van der Waals surface area contributed by atoms with E-state index >= 15 is 0 Å². The van der Waals surface area contributed by atoms with E-state index < -0.39 is 58.5 Å². The molecule has 1 amide bonds. The predicted octanol–water partition coefficient (Wildman–Crippen LogP) is 2.02. The molecule has 3 heterocycles. The number of carboxylic acids is 1. The van der Waals surface area contributed by atoms with Crippen molar-refractivity contribution in [2.45, 2.75) is 122 Å². The van der Waals surface area contributed by atoms with Gasteiger partial charge in [-0.3, -0.25) is 4.79 Å². The molecule has 0 radical (unpaired) electrons. The van der Waals surface area contributed by atoms with Crippen LogP contribution < -0.4 is 5.32 Å². The monoisotopic (exact) mass is 602 g/mol. The molecule has 0 aromatic heterocycles. The van der Waals surface area contributed by atoms with Gasteiger partial charge < -0.3 is 49.2 Å². The Balaban J connectivity index is 1.70. The molecule has 0 saturated carbocycles. The number of nitrogens with zero attached hydrogens (tertiary/aromatic N) is 1. The van der Waals surface area contributed by atoms with Crippen molar-refractivity contribution in [1.82, 2.24) is 10.2 Å². The Kier molecular flexibility index (Phi) is 10.3. The molecule has 1 spiro atoms. The van der Waals surface area contributed by atoms with Gasteiger partial charge in [0.05, 0.1) is 19.3 Å². The van der Waals surface area contributed by atoms with Crippen LogP contribution in [0.25, 0.3) is 0 Å². The fourth-order valence-corrected chi connectivity index (χ4v) is 6.29. The second-order valence-electron chi connectivity index (χ2n) is 13.7. The van der Waals surface area contributed by atoms with Crippen molar-refractivity contribution in [2.75, 3.05) is 32.8 Å². The zero-order valence-corrected chi connectivity index (χ0v) is 26.2. The summed E-state index contributed by atoms with van der Waals surface area (Å²) in [6.45, 7) is 14.4. The highest BCUT2D eigenvalue weighted by atomic mass is 16.8. The third kappa shape index (κ3) is 8.32. The molecule has 0 aliphatic carbocycles. The number of carbonyl (C=O) groups is 3. The summed E-state index contributed by atoms with van der Waals surface area (Å²) in [5.74, 6) is -4.67. The Morgan fingerprint density at radius 3 is 2.43 bits per heavy atom. The van der Waals surface area contributed by atoms with Crippen molar-refractivity contribution in [1.29, 1.82) is 0 Å². The maximum atomic E-state index is 12.9. The first kappa shape index (κ1) is 34.5. The quantitative estimate of drug-likeness (QED) is 0.212. The molecule has 0 bridgehead atoms. The van der Waals surface area contributed by atoms with Crippen LogP contribution in [0.2, 0.25) is 0 Å². The molecule has 3 aliphatic heterocycles. The fraction of sp³-hybridized carbons (Fsp3) is 0.897. The average Bonchev–Trinajstić information content (AvgIpc) is 3.37. The van der Waals surface area contributed by atoms with Gasteiger partial charge >= 0.3 is 18.0 Å². The molecule has 7 atom stereocenters. The SMILES string of the molecule is CCOC(=O)[C@@H]1CC2(CCN(C(=O)OC(C)(C)C)CC2CC(C)(O)OC[C@H](O)C[C@@H]2OC(C)(C)O[C@@]2(C)C(=O)O)CN1. The Labute approximate surface area is 248 Å². The van der Waals surface area contributed by atoms with Crippen LogP contribution in [0.3, 0.4) is 0 Å². The normalized spacial score (nSPS) is 33.3. The van der Waals surface area contributed by atoms with Gasteiger partial charge in [0.2, 0.25) is 0 Å². The first-order valence-corrected chi connectivity index (χ1v) is 14.7. The Bertz CT molecular complexity index is 997. The van der Waals surface area contributed by atoms with Crippen LogP contribution in [0.15, 0.2) is 0 Å². The zero-order chi connectivity index (χ0) is 31.7. The van der Waals surface area contributed by atoms with Crippen LogP contribution in [0.4, 0.5) is 4.79 Å². The number of nitrogens with one attached hydrogen (secondary N) is 1. The molecule has 3 unspecified atom stereocenters. The molecule has 3 aliphatic rings. The first-order valence-electron chi connectivity index (χ1n) is 14.7. The van der Waals surface area contributed by atoms with E-state index in [2.05, 4.69) is 5.32 Å². The maximum absolute atomic E-state index is 12.9. The minimum Gasteiger partial charge on any atom is -0.479 e. The van der Waals surface area contributed by atoms with E-state index in [1.165, 1.54) is 13.8 Å². The van der Waals surface area contributed by atoms with Crippen LogP contribution in [-0.2, 0) is 33.3 Å². The van der Waals surface area contributed by atoms with Gasteiger partial charge in [-0.2, -0.15) is 0 Å². The molecule has 13 heteroatoms. The van der Waals surface area contributed by atoms with Gasteiger partial charge in [-0.15, -0.1) is 0 Å². The summed E-state index contributed by atoms with van der Waals surface area (Å²) < 4.78 is 28.0. The predicted molar refractivity (Wildman–Crippen MR) is 149 cm³/mol. The molecule has 0 aromatic rings. The zero-order valence-electron chi connectivity index (χ0n) is 26.2. The van der Waals surface area contributed by atoms with E-state index in [1.54, 1.807) is 46.4 Å². The molecule has 0 aromatic carbocycles. The topological polar surface area (TPSA) is 173 Å². The summed E-state index contributed by atoms with van der Waals surface area (Å²) >= 11 is 0. The van der Waals surface area contributed by atoms with Crippen molar-refractivity contribution in [3.8, 4) is 0 Å². The van der Waals surface area contributed by atoms with Gasteiger partial charge in [-0.25, -0.2) is 9.59 Å². The lowest BCUT2D eigenvalue weighted by atomic mass is 9.66. The van der Waals surface area contributed by atoms with E-state index in [0.29, 0.717) is 25.9 Å². The molecule has 4 N–H and O–H groups in total. The van der Waals surface area contributed by atoms with Crippen molar-refractivity contribution in [2.24, 2.45) is 11.3 Å². The minimum absolute atomic E-state index is 0.0900. The highest BCUT2D eigenvalue weighted by Crippen LogP contribution is 2.47. The number of piperidine rings is 1. The Morgan fingerprint density at radius 2 is 1.83 bits per heavy atom. The number of amides is 1. The van der Waals surface area contributed by atoms with Gasteiger partial charge in [0.1, 0.15) is 17.7 Å². The number of aliphatic hydroxyl groups is 2. The van der Waals surface area contributed by atoms with Crippen molar-refractivity contribution in [3.05, 3.63) is 0 Å². The van der Waals surface area contributed by atoms with Crippen molar-refractivity contribution >= 4 is 18.0 Å². The fourth-order valence-electron chi connectivity index (χ4n) is 6.29. The van der Waals surface area contributed by atoms with Crippen LogP contribution in [0, 0.1) is 11.3 Å². The number of hydrogen-bond donors (Lipinski definition) is 4. The number of aliphatic hydroxyl groups excluding tert-OH is 1. The summed E-state index contributed by atoms with van der Waals surface area (Å²) in [6, 6.07) is -0.491. The largest absolute Gasteiger partial charge is 0.479 e. The van der Waals surface area contributed by atoms with Gasteiger partial charge in [0.15, 0.2) is 17.2 Å². The van der Waals surface area contributed by atoms with E-state index in [-0.39, 0.29) is 44.5 Å². The van der Waals surface area contributed by atoms with Crippen LogP contribution >= 0.6 is 0 Å². The number of carbonyl (C=O) groups excluding carboxylic acids is 2. The summed E-state index contributed by atoms with van der Waals surface area (Å²) in [4.78, 5) is 39.0. The number of hydrogen-bond acceptors (Lipinski definition) is 11. The number of carboxylic acid groups (broad SMARTS) is 1. The summed E-state index contributed by atoms with van der Waals surface area (Å²) in [7, 11) is 0. The van der Waals surface area contributed by atoms with Gasteiger partial charge in [-0.1, -0.05) is 0 Å². The van der Waals surface area contributed by atoms with E-state index in [9.17, 15) is 29.7 Å². The molecule has 13 nitrogen and oxygen atoms in total. The molecule has 42 heavy (non-hydrogen) atoms. The third-order valence-corrected chi connectivity index (χ3v) is 8.34. The highest BCUT2D eigenvalue weighted by molar-refractivity contribution is 5.78. The van der Waals surface area contributed by atoms with Gasteiger partial charge in [0.25, 0.3) is 0 Å². The molecular formula is C29H50N2O11. The molecule has 242 valence electrons. The molecule has 3 saturated heterocycles. The number of ether oxygens (including phenoxy) is 5. The molecule has 3 fully saturated rings. The number of rotatable bonds is 10. The number of likely N-dealkylation sites (tertiary alicyclic amines) is 1. The summed E-state index contributed by atoms with van der Waals surface area (Å²) in [5.41, 5.74) is -2.74. The van der Waals surface area contributed by atoms with Gasteiger partial charge in [0, 0.05) is 32.5 Å². The Hall–Kier alpha value is -2.03. The van der Waals surface area contributed by atoms with E-state index in [4.69, 9.17) is 23.7 Å². The maximum Gasteiger partial charge on any atom is 0.410 e. The van der Waals surface area contributed by atoms with Gasteiger partial charge in [-0.05, 0) is 79.6 Å². The standard InChI is InChI=1S/C29H50N2O11/c1-9-38-22(33)20-14-29(17-30-20)10-11-31(24(36)41-25(2,3)4)15-18(29)13-27(7,37)39-16-19(32)12-21-28(8,23(34)35)42-26(5,6)40-21/h18-21,30,32,37H,9-17H2,1-8H3,(H,34,35)/t18?,19-,20+,21+,27?,28-,29?/m1/s1. The van der Waals surface area contributed by atoms with Crippen molar-refractivity contribution < 1.29 is 53.4 Å². The second kappa shape index (κ2) is 12.5. The highest BCUT2D eigenvalue weighted by Gasteiger charge is 2.56. The summed E-state index contributed by atoms with van der Waals surface area (Å²) in [5, 5.41) is 35.1. The van der Waals surface area contributed by atoms with Crippen LogP contribution in [0.5, 0.6) is 0 Å². The Morgan fingerprint density at radius 1 is 1.17 bits per heavy atom. The number of aliphatic carboxylic acids is 1. The van der Waals surface area contributed by atoms with E-state index in [1.807, 2.05) is 0 Å². The first-order chi connectivity index (χ1) is 19.2. The lowest BCUT2D eigenvalue weighted by molar-refractivity contribution is -0.223. The lowest BCUT2D eigenvalue weighted by Gasteiger charge is -2.47. The lowest BCUT2D eigenvalue weighted by Crippen LogP contribution is -2.53. The summed E-state index contributed by atoms with van der Waals surface area (Å²) in [6.07, 6.45) is -1.46.